The molecule has 0 saturated carbocycles. The van der Waals surface area contributed by atoms with E-state index in [-0.39, 0.29) is 5.56 Å². The van der Waals surface area contributed by atoms with Gasteiger partial charge in [-0.15, -0.1) is 12.6 Å². The second-order valence-corrected chi connectivity index (χ2v) is 4.57. The van der Waals surface area contributed by atoms with Gasteiger partial charge in [0.05, 0.1) is 5.56 Å². The second kappa shape index (κ2) is 3.97. The first-order chi connectivity index (χ1) is 5.52. The zero-order valence-electron chi connectivity index (χ0n) is 5.71. The highest BCUT2D eigenvalue weighted by atomic mass is 127. The average molecular weight is 359 g/mol. The molecular weight excluding hydrogens is 355 g/mol. The maximum absolute atomic E-state index is 10.7. The van der Waals surface area contributed by atoms with Crippen molar-refractivity contribution in [2.24, 2.45) is 0 Å². The van der Waals surface area contributed by atoms with Crippen LogP contribution in [0.2, 0.25) is 0 Å². The van der Waals surface area contributed by atoms with Crippen molar-refractivity contribution in [2.75, 3.05) is 0 Å². The summed E-state index contributed by atoms with van der Waals surface area (Å²) >= 11 is 9.29. The Kier molecular flexibility index (Phi) is 3.42. The third kappa shape index (κ3) is 2.14. The van der Waals surface area contributed by atoms with Gasteiger partial charge in [0.15, 0.2) is 0 Å². The molecule has 0 aliphatic rings. The van der Waals surface area contributed by atoms with Crippen molar-refractivity contribution in [3.63, 3.8) is 0 Å². The lowest BCUT2D eigenvalue weighted by atomic mass is 10.2. The summed E-state index contributed by atoms with van der Waals surface area (Å²) in [4.78, 5) is 11.3. The Hall–Kier alpha value is 0.250. The fourth-order valence-electron chi connectivity index (χ4n) is 0.730. The monoisotopic (exact) mass is 358 g/mol. The summed E-state index contributed by atoms with van der Waals surface area (Å²) in [5, 5.41) is 8.75. The summed E-state index contributed by atoms with van der Waals surface area (Å²) in [6.45, 7) is 0. The summed E-state index contributed by atoms with van der Waals surface area (Å²) in [5.41, 5.74) is 0.273. The van der Waals surface area contributed by atoms with Crippen LogP contribution in [-0.4, -0.2) is 11.1 Å². The molecule has 0 heterocycles. The van der Waals surface area contributed by atoms with E-state index in [2.05, 4.69) is 28.6 Å². The number of carboxylic acids is 1. The number of rotatable bonds is 1. The maximum atomic E-state index is 10.7. The average Bonchev–Trinajstić information content (AvgIpc) is 1.96. The fourth-order valence-corrected chi connectivity index (χ4v) is 2.17. The number of carboxylic acid groups (broad SMARTS) is 1. The molecule has 0 aromatic heterocycles. The predicted molar refractivity (Wildman–Crippen MR) is 61.1 cm³/mol. The Morgan fingerprint density at radius 2 is 2.17 bits per heavy atom. The van der Waals surface area contributed by atoms with Crippen LogP contribution in [0.1, 0.15) is 10.4 Å². The van der Waals surface area contributed by atoms with Gasteiger partial charge >= 0.3 is 5.97 Å². The van der Waals surface area contributed by atoms with Crippen molar-refractivity contribution in [2.45, 2.75) is 4.90 Å². The molecule has 2 nitrogen and oxygen atoms in total. The Morgan fingerprint density at radius 1 is 1.58 bits per heavy atom. The SMILES string of the molecule is O=C(O)c1cc(Br)cc(S)c1I. The van der Waals surface area contributed by atoms with E-state index in [4.69, 9.17) is 5.11 Å². The molecule has 0 fully saturated rings. The van der Waals surface area contributed by atoms with Crippen molar-refractivity contribution >= 4 is 57.1 Å². The standard InChI is InChI=1S/C7H4BrIO2S/c8-3-1-4(7(10)11)6(9)5(12)2-3/h1-2,12H,(H,10,11). The molecule has 1 aromatic rings. The van der Waals surface area contributed by atoms with Crippen LogP contribution in [0.4, 0.5) is 0 Å². The van der Waals surface area contributed by atoms with Crippen LogP contribution in [0.3, 0.4) is 0 Å². The zero-order valence-corrected chi connectivity index (χ0v) is 10.4. The number of hydrogen-bond acceptors (Lipinski definition) is 2. The Morgan fingerprint density at radius 3 is 2.67 bits per heavy atom. The molecule has 0 atom stereocenters. The van der Waals surface area contributed by atoms with Crippen LogP contribution >= 0.6 is 51.1 Å². The molecule has 1 N–H and O–H groups in total. The maximum Gasteiger partial charge on any atom is 0.336 e. The highest BCUT2D eigenvalue weighted by molar-refractivity contribution is 14.1. The molecule has 0 saturated heterocycles. The highest BCUT2D eigenvalue weighted by Gasteiger charge is 2.11. The fraction of sp³-hybridized carbons (Fsp3) is 0. The lowest BCUT2D eigenvalue weighted by Crippen LogP contribution is -2.00. The number of carbonyl (C=O) groups is 1. The Labute approximate surface area is 97.0 Å². The molecule has 5 heteroatoms. The van der Waals surface area contributed by atoms with Crippen molar-refractivity contribution in [3.8, 4) is 0 Å². The molecule has 0 amide bonds. The van der Waals surface area contributed by atoms with Gasteiger partial charge < -0.3 is 5.11 Å². The molecule has 1 rings (SSSR count). The van der Waals surface area contributed by atoms with Gasteiger partial charge in [0.25, 0.3) is 0 Å². The minimum Gasteiger partial charge on any atom is -0.478 e. The summed E-state index contributed by atoms with van der Waals surface area (Å²) in [6, 6.07) is 3.32. The van der Waals surface area contributed by atoms with E-state index in [9.17, 15) is 4.79 Å². The quantitative estimate of drug-likeness (QED) is 0.598. The zero-order chi connectivity index (χ0) is 9.30. The van der Waals surface area contributed by atoms with Gasteiger partial charge in [-0.2, -0.15) is 0 Å². The smallest absolute Gasteiger partial charge is 0.336 e. The molecule has 0 aliphatic carbocycles. The minimum atomic E-state index is -0.934. The first-order valence-corrected chi connectivity index (χ1v) is 5.25. The van der Waals surface area contributed by atoms with E-state index in [1.54, 1.807) is 12.1 Å². The molecule has 12 heavy (non-hydrogen) atoms. The van der Waals surface area contributed by atoms with E-state index in [0.717, 1.165) is 4.47 Å². The predicted octanol–water partition coefficient (Wildman–Crippen LogP) is 3.04. The van der Waals surface area contributed by atoms with Gasteiger partial charge in [0, 0.05) is 12.9 Å². The largest absolute Gasteiger partial charge is 0.478 e. The second-order valence-electron chi connectivity index (χ2n) is 2.09. The van der Waals surface area contributed by atoms with Crippen LogP contribution in [0.5, 0.6) is 0 Å². The van der Waals surface area contributed by atoms with E-state index < -0.39 is 5.97 Å². The lowest BCUT2D eigenvalue weighted by Gasteiger charge is -2.02. The first kappa shape index (κ1) is 10.3. The van der Waals surface area contributed by atoms with Crippen molar-refractivity contribution < 1.29 is 9.90 Å². The lowest BCUT2D eigenvalue weighted by molar-refractivity contribution is 0.0695. The van der Waals surface area contributed by atoms with E-state index in [0.29, 0.717) is 8.47 Å². The summed E-state index contributed by atoms with van der Waals surface area (Å²) in [5.74, 6) is -0.934. The molecule has 0 unspecified atom stereocenters. The van der Waals surface area contributed by atoms with Crippen molar-refractivity contribution in [1.29, 1.82) is 0 Å². The molecule has 0 radical (unpaired) electrons. The third-order valence-electron chi connectivity index (χ3n) is 1.25. The molecule has 0 aliphatic heterocycles. The van der Waals surface area contributed by atoms with E-state index >= 15 is 0 Å². The molecule has 1 aromatic carbocycles. The molecule has 64 valence electrons. The van der Waals surface area contributed by atoms with Crippen LogP contribution in [0.25, 0.3) is 0 Å². The van der Waals surface area contributed by atoms with Gasteiger partial charge in [0.1, 0.15) is 0 Å². The normalized spacial score (nSPS) is 9.92. The van der Waals surface area contributed by atoms with Crippen LogP contribution < -0.4 is 0 Å². The van der Waals surface area contributed by atoms with Crippen LogP contribution in [-0.2, 0) is 0 Å². The summed E-state index contributed by atoms with van der Waals surface area (Å²) in [6.07, 6.45) is 0. The number of thiol groups is 1. The van der Waals surface area contributed by atoms with Crippen molar-refractivity contribution in [3.05, 3.63) is 25.7 Å². The van der Waals surface area contributed by atoms with Crippen LogP contribution in [0, 0.1) is 3.57 Å². The van der Waals surface area contributed by atoms with Gasteiger partial charge in [-0.1, -0.05) is 15.9 Å². The van der Waals surface area contributed by atoms with E-state index in [1.165, 1.54) is 0 Å². The summed E-state index contributed by atoms with van der Waals surface area (Å²) < 4.78 is 1.39. The first-order valence-electron chi connectivity index (χ1n) is 2.93. The number of halogens is 2. The third-order valence-corrected chi connectivity index (χ3v) is 3.65. The van der Waals surface area contributed by atoms with Gasteiger partial charge in [0.2, 0.25) is 0 Å². The number of hydrogen-bond donors (Lipinski definition) is 2. The minimum absolute atomic E-state index is 0.273. The van der Waals surface area contributed by atoms with Gasteiger partial charge in [-0.3, -0.25) is 0 Å². The molecular formula is C7H4BrIO2S. The van der Waals surface area contributed by atoms with Crippen molar-refractivity contribution in [1.82, 2.24) is 0 Å². The van der Waals surface area contributed by atoms with E-state index in [1.807, 2.05) is 22.6 Å². The highest BCUT2D eigenvalue weighted by Crippen LogP contribution is 2.25. The van der Waals surface area contributed by atoms with Gasteiger partial charge in [-0.25, -0.2) is 4.79 Å². The number of aromatic carboxylic acids is 1. The Bertz CT molecular complexity index is 340. The topological polar surface area (TPSA) is 37.3 Å². The van der Waals surface area contributed by atoms with Crippen LogP contribution in [0.15, 0.2) is 21.5 Å². The molecule has 0 bridgehead atoms. The molecule has 0 spiro atoms. The van der Waals surface area contributed by atoms with Gasteiger partial charge in [-0.05, 0) is 34.7 Å². The Balaban J connectivity index is 3.37. The number of benzene rings is 1. The summed E-state index contributed by atoms with van der Waals surface area (Å²) in [7, 11) is 0.